The highest BCUT2D eigenvalue weighted by Crippen LogP contribution is 2.18. The van der Waals surface area contributed by atoms with Crippen molar-refractivity contribution in [3.63, 3.8) is 0 Å². The Labute approximate surface area is 132 Å². The molecule has 0 atom stereocenters. The normalized spacial score (nSPS) is 10.2. The summed E-state index contributed by atoms with van der Waals surface area (Å²) in [5.41, 5.74) is 2.78. The van der Waals surface area contributed by atoms with Gasteiger partial charge < -0.3 is 10.1 Å². The van der Waals surface area contributed by atoms with Crippen LogP contribution in [0.5, 0.6) is 5.75 Å². The van der Waals surface area contributed by atoms with Crippen LogP contribution in [-0.2, 0) is 6.54 Å². The van der Waals surface area contributed by atoms with E-state index in [9.17, 15) is 4.79 Å². The number of hydrogen-bond acceptors (Lipinski definition) is 2. The summed E-state index contributed by atoms with van der Waals surface area (Å²) in [6.45, 7) is 2.48. The van der Waals surface area contributed by atoms with Crippen molar-refractivity contribution in [3.05, 3.63) is 62.7 Å². The number of benzene rings is 2. The quantitative estimate of drug-likeness (QED) is 0.823. The van der Waals surface area contributed by atoms with Gasteiger partial charge in [-0.2, -0.15) is 0 Å². The fourth-order valence-corrected chi connectivity index (χ4v) is 2.43. The van der Waals surface area contributed by atoms with Crippen molar-refractivity contribution >= 4 is 28.5 Å². The number of rotatable bonds is 4. The van der Waals surface area contributed by atoms with Gasteiger partial charge in [0, 0.05) is 15.7 Å². The third-order valence-electron chi connectivity index (χ3n) is 3.01. The summed E-state index contributed by atoms with van der Waals surface area (Å²) < 4.78 is 6.33. The highest BCUT2D eigenvalue weighted by molar-refractivity contribution is 14.1. The molecule has 0 fully saturated rings. The molecule has 0 aliphatic rings. The average Bonchev–Trinajstić information content (AvgIpc) is 2.46. The van der Waals surface area contributed by atoms with Crippen molar-refractivity contribution in [1.29, 1.82) is 0 Å². The molecule has 0 radical (unpaired) electrons. The summed E-state index contributed by atoms with van der Waals surface area (Å²) in [5.74, 6) is 0.772. The molecule has 0 saturated heterocycles. The molecule has 2 aromatic rings. The molecule has 1 N–H and O–H groups in total. The van der Waals surface area contributed by atoms with Crippen molar-refractivity contribution in [3.8, 4) is 5.75 Å². The summed E-state index contributed by atoms with van der Waals surface area (Å²) in [6.07, 6.45) is 0. The number of amides is 1. The molecule has 0 unspecified atom stereocenters. The van der Waals surface area contributed by atoms with E-state index in [0.29, 0.717) is 12.1 Å². The molecule has 0 aromatic heterocycles. The third kappa shape index (κ3) is 3.72. The van der Waals surface area contributed by atoms with Crippen LogP contribution in [0.1, 0.15) is 21.5 Å². The van der Waals surface area contributed by atoms with E-state index in [4.69, 9.17) is 4.74 Å². The zero-order chi connectivity index (χ0) is 14.5. The van der Waals surface area contributed by atoms with E-state index in [0.717, 1.165) is 20.4 Å². The van der Waals surface area contributed by atoms with E-state index < -0.39 is 0 Å². The summed E-state index contributed by atoms with van der Waals surface area (Å²) >= 11 is 2.20. The smallest absolute Gasteiger partial charge is 0.251 e. The number of carbonyl (C=O) groups excluding carboxylic acids is 1. The number of nitrogens with one attached hydrogen (secondary N) is 1. The standard InChI is InChI=1S/C16H16INO2/c1-11-6-7-12(8-15(11)20-2)10-18-16(19)13-4-3-5-14(17)9-13/h3-9H,10H2,1-2H3,(H,18,19). The molecule has 0 spiro atoms. The number of carbonyl (C=O) groups is 1. The first kappa shape index (κ1) is 14.8. The van der Waals surface area contributed by atoms with Gasteiger partial charge in [0.2, 0.25) is 0 Å². The molecule has 0 aliphatic heterocycles. The van der Waals surface area contributed by atoms with Gasteiger partial charge in [0.05, 0.1) is 7.11 Å². The summed E-state index contributed by atoms with van der Waals surface area (Å²) in [4.78, 5) is 12.0. The maximum Gasteiger partial charge on any atom is 0.251 e. The minimum absolute atomic E-state index is 0.0666. The fraction of sp³-hybridized carbons (Fsp3) is 0.188. The van der Waals surface area contributed by atoms with Crippen LogP contribution in [0.3, 0.4) is 0 Å². The predicted molar refractivity (Wildman–Crippen MR) is 88.1 cm³/mol. The van der Waals surface area contributed by atoms with Gasteiger partial charge in [0.1, 0.15) is 5.75 Å². The first-order valence-electron chi connectivity index (χ1n) is 6.27. The number of halogens is 1. The van der Waals surface area contributed by atoms with Gasteiger partial charge in [-0.15, -0.1) is 0 Å². The SMILES string of the molecule is COc1cc(CNC(=O)c2cccc(I)c2)ccc1C. The van der Waals surface area contributed by atoms with E-state index in [1.807, 2.05) is 49.4 Å². The van der Waals surface area contributed by atoms with Gasteiger partial charge in [-0.3, -0.25) is 4.79 Å². The van der Waals surface area contributed by atoms with Gasteiger partial charge in [0.15, 0.2) is 0 Å². The lowest BCUT2D eigenvalue weighted by atomic mass is 10.1. The lowest BCUT2D eigenvalue weighted by molar-refractivity contribution is 0.0951. The first-order chi connectivity index (χ1) is 9.60. The zero-order valence-electron chi connectivity index (χ0n) is 11.4. The topological polar surface area (TPSA) is 38.3 Å². The molecule has 2 rings (SSSR count). The molecule has 4 heteroatoms. The molecule has 2 aromatic carbocycles. The Balaban J connectivity index is 2.03. The van der Waals surface area contributed by atoms with Crippen molar-refractivity contribution < 1.29 is 9.53 Å². The van der Waals surface area contributed by atoms with Gasteiger partial charge >= 0.3 is 0 Å². The average molecular weight is 381 g/mol. The molecule has 20 heavy (non-hydrogen) atoms. The molecule has 0 bridgehead atoms. The van der Waals surface area contributed by atoms with Crippen LogP contribution < -0.4 is 10.1 Å². The van der Waals surface area contributed by atoms with Gasteiger partial charge in [-0.05, 0) is 64.9 Å². The Morgan fingerprint density at radius 1 is 1.25 bits per heavy atom. The summed E-state index contributed by atoms with van der Waals surface area (Å²) in [5, 5.41) is 2.92. The Morgan fingerprint density at radius 2 is 2.05 bits per heavy atom. The number of ether oxygens (including phenoxy) is 1. The maximum absolute atomic E-state index is 12.0. The second-order valence-corrected chi connectivity index (χ2v) is 5.74. The van der Waals surface area contributed by atoms with Crippen LogP contribution in [0.25, 0.3) is 0 Å². The molecule has 104 valence electrons. The lowest BCUT2D eigenvalue weighted by Gasteiger charge is -2.09. The van der Waals surface area contributed by atoms with Crippen LogP contribution >= 0.6 is 22.6 Å². The predicted octanol–water partition coefficient (Wildman–Crippen LogP) is 3.54. The monoisotopic (exact) mass is 381 g/mol. The Morgan fingerprint density at radius 3 is 2.75 bits per heavy atom. The van der Waals surface area contributed by atoms with Crippen LogP contribution in [0.2, 0.25) is 0 Å². The highest BCUT2D eigenvalue weighted by atomic mass is 127. The molecule has 0 saturated carbocycles. The van der Waals surface area contributed by atoms with Crippen molar-refractivity contribution in [1.82, 2.24) is 5.32 Å². The van der Waals surface area contributed by atoms with Crippen LogP contribution in [0.4, 0.5) is 0 Å². The third-order valence-corrected chi connectivity index (χ3v) is 3.68. The van der Waals surface area contributed by atoms with Crippen LogP contribution in [0, 0.1) is 10.5 Å². The number of hydrogen-bond donors (Lipinski definition) is 1. The van der Waals surface area contributed by atoms with Crippen molar-refractivity contribution in [2.24, 2.45) is 0 Å². The van der Waals surface area contributed by atoms with E-state index in [2.05, 4.69) is 27.9 Å². The van der Waals surface area contributed by atoms with Crippen LogP contribution in [0.15, 0.2) is 42.5 Å². The Bertz CT molecular complexity index is 626. The van der Waals surface area contributed by atoms with Gasteiger partial charge in [0.25, 0.3) is 5.91 Å². The molecular formula is C16H16INO2. The minimum atomic E-state index is -0.0666. The van der Waals surface area contributed by atoms with E-state index >= 15 is 0 Å². The van der Waals surface area contributed by atoms with E-state index in [1.165, 1.54) is 0 Å². The van der Waals surface area contributed by atoms with Crippen molar-refractivity contribution in [2.45, 2.75) is 13.5 Å². The number of aryl methyl sites for hydroxylation is 1. The molecular weight excluding hydrogens is 365 g/mol. The Hall–Kier alpha value is -1.56. The van der Waals surface area contributed by atoms with E-state index in [1.54, 1.807) is 7.11 Å². The minimum Gasteiger partial charge on any atom is -0.496 e. The second-order valence-electron chi connectivity index (χ2n) is 4.50. The summed E-state index contributed by atoms with van der Waals surface area (Å²) in [7, 11) is 1.65. The zero-order valence-corrected chi connectivity index (χ0v) is 13.6. The number of methoxy groups -OCH3 is 1. The molecule has 0 aliphatic carbocycles. The molecule has 3 nitrogen and oxygen atoms in total. The van der Waals surface area contributed by atoms with Gasteiger partial charge in [-0.25, -0.2) is 0 Å². The lowest BCUT2D eigenvalue weighted by Crippen LogP contribution is -2.22. The molecule has 1 amide bonds. The molecule has 0 heterocycles. The second kappa shape index (κ2) is 6.74. The van der Waals surface area contributed by atoms with Gasteiger partial charge in [-0.1, -0.05) is 18.2 Å². The fourth-order valence-electron chi connectivity index (χ4n) is 1.89. The summed E-state index contributed by atoms with van der Waals surface area (Å²) in [6, 6.07) is 13.5. The first-order valence-corrected chi connectivity index (χ1v) is 7.35. The highest BCUT2D eigenvalue weighted by Gasteiger charge is 2.06. The Kier molecular flexibility index (Phi) is 5.00. The van der Waals surface area contributed by atoms with Crippen molar-refractivity contribution in [2.75, 3.05) is 7.11 Å². The van der Waals surface area contributed by atoms with E-state index in [-0.39, 0.29) is 5.91 Å². The maximum atomic E-state index is 12.0. The van der Waals surface area contributed by atoms with Crippen LogP contribution in [-0.4, -0.2) is 13.0 Å². The largest absolute Gasteiger partial charge is 0.496 e.